The lowest BCUT2D eigenvalue weighted by molar-refractivity contribution is -0.142. The first kappa shape index (κ1) is 22.6. The van der Waals surface area contributed by atoms with Crippen LogP contribution < -0.4 is 5.32 Å². The van der Waals surface area contributed by atoms with Gasteiger partial charge in [0.05, 0.1) is 41.3 Å². The highest BCUT2D eigenvalue weighted by Crippen LogP contribution is 2.47. The highest BCUT2D eigenvalue weighted by Gasteiger charge is 2.41. The second kappa shape index (κ2) is 8.72. The van der Waals surface area contributed by atoms with Gasteiger partial charge in [-0.3, -0.25) is 18.8 Å². The Morgan fingerprint density at radius 2 is 2.00 bits per heavy atom. The predicted octanol–water partition coefficient (Wildman–Crippen LogP) is 4.34. The van der Waals surface area contributed by atoms with E-state index in [1.807, 2.05) is 18.5 Å². The van der Waals surface area contributed by atoms with Gasteiger partial charge in [-0.1, -0.05) is 0 Å². The molecule has 0 saturated heterocycles. The zero-order chi connectivity index (χ0) is 23.0. The highest BCUT2D eigenvalue weighted by molar-refractivity contribution is 9.10. The lowest BCUT2D eigenvalue weighted by Crippen LogP contribution is -2.16. The van der Waals surface area contributed by atoms with Gasteiger partial charge in [-0.05, 0) is 42.6 Å². The molecular formula is C20H23BrF3N7O. The number of aryl methyl sites for hydroxylation is 2. The molecule has 0 aromatic carbocycles. The summed E-state index contributed by atoms with van der Waals surface area (Å²) >= 11 is 3.06. The van der Waals surface area contributed by atoms with E-state index in [-0.39, 0.29) is 29.3 Å². The molecule has 0 aliphatic heterocycles. The van der Waals surface area contributed by atoms with Gasteiger partial charge in [0.25, 0.3) is 0 Å². The molecule has 1 amide bonds. The molecular weight excluding hydrogens is 491 g/mol. The maximum absolute atomic E-state index is 13.2. The number of anilines is 1. The van der Waals surface area contributed by atoms with Crippen LogP contribution in [0.15, 0.2) is 23.1 Å². The maximum atomic E-state index is 13.2. The zero-order valence-corrected chi connectivity index (χ0v) is 19.2. The van der Waals surface area contributed by atoms with Crippen LogP contribution in [0.4, 0.5) is 18.9 Å². The van der Waals surface area contributed by atoms with Crippen LogP contribution in [-0.2, 0) is 30.6 Å². The summed E-state index contributed by atoms with van der Waals surface area (Å²) < 4.78 is 44.5. The van der Waals surface area contributed by atoms with E-state index in [1.54, 1.807) is 23.3 Å². The summed E-state index contributed by atoms with van der Waals surface area (Å²) in [6, 6.07) is 0. The topological polar surface area (TPSA) is 82.6 Å². The van der Waals surface area contributed by atoms with Crippen LogP contribution in [0.25, 0.3) is 0 Å². The first-order valence-corrected chi connectivity index (χ1v) is 11.1. The van der Waals surface area contributed by atoms with Crippen LogP contribution in [0.5, 0.6) is 0 Å². The van der Waals surface area contributed by atoms with Gasteiger partial charge in [-0.2, -0.15) is 28.5 Å². The molecule has 3 aromatic heterocycles. The van der Waals surface area contributed by atoms with Crippen molar-refractivity contribution >= 4 is 27.5 Å². The first-order valence-electron chi connectivity index (χ1n) is 10.3. The van der Waals surface area contributed by atoms with E-state index in [1.165, 1.54) is 4.68 Å². The molecule has 0 spiro atoms. The van der Waals surface area contributed by atoms with Crippen molar-refractivity contribution in [3.05, 3.63) is 45.7 Å². The van der Waals surface area contributed by atoms with E-state index >= 15 is 0 Å². The molecule has 172 valence electrons. The fourth-order valence-corrected chi connectivity index (χ4v) is 4.46. The van der Waals surface area contributed by atoms with Gasteiger partial charge in [-0.25, -0.2) is 0 Å². The minimum absolute atomic E-state index is 0.00129. The van der Waals surface area contributed by atoms with Gasteiger partial charge in [0.2, 0.25) is 5.91 Å². The van der Waals surface area contributed by atoms with E-state index in [0.717, 1.165) is 30.6 Å². The summed E-state index contributed by atoms with van der Waals surface area (Å²) in [6.45, 7) is 5.38. The monoisotopic (exact) mass is 513 g/mol. The number of aromatic nitrogens is 6. The van der Waals surface area contributed by atoms with Crippen molar-refractivity contribution in [1.82, 2.24) is 29.3 Å². The summed E-state index contributed by atoms with van der Waals surface area (Å²) in [6.07, 6.45) is 2.15. The Bertz CT molecular complexity index is 1130. The third-order valence-corrected chi connectivity index (χ3v) is 6.25. The van der Waals surface area contributed by atoms with E-state index in [9.17, 15) is 18.0 Å². The quantitative estimate of drug-likeness (QED) is 0.485. The van der Waals surface area contributed by atoms with Crippen LogP contribution in [0.3, 0.4) is 0 Å². The third-order valence-electron chi connectivity index (χ3n) is 5.47. The summed E-state index contributed by atoms with van der Waals surface area (Å²) in [5, 5.41) is 15.0. The van der Waals surface area contributed by atoms with Gasteiger partial charge in [0.15, 0.2) is 5.69 Å². The number of amides is 1. The van der Waals surface area contributed by atoms with Crippen LogP contribution in [0, 0.1) is 6.92 Å². The number of carbonyl (C=O) groups is 1. The number of carbonyl (C=O) groups excluding carboxylic acids is 1. The minimum Gasteiger partial charge on any atom is -0.323 e. The van der Waals surface area contributed by atoms with Crippen LogP contribution in [0.2, 0.25) is 0 Å². The largest absolute Gasteiger partial charge is 0.436 e. The van der Waals surface area contributed by atoms with E-state index in [4.69, 9.17) is 0 Å². The van der Waals surface area contributed by atoms with Crippen molar-refractivity contribution in [3.8, 4) is 0 Å². The molecule has 4 rings (SSSR count). The standard InChI is InChI=1S/C20H23BrF3N7O/c1-3-30-12(2)14(8-26-30)10-29-11-15(9-25-29)27-16(32)6-7-31-18(13-4-5-13)17(21)19(28-31)20(22,23)24/h8-9,11,13H,3-7,10H2,1-2H3,(H,27,32). The molecule has 0 radical (unpaired) electrons. The molecule has 8 nitrogen and oxygen atoms in total. The average Bonchev–Trinajstić information content (AvgIpc) is 3.22. The van der Waals surface area contributed by atoms with E-state index < -0.39 is 11.9 Å². The van der Waals surface area contributed by atoms with Crippen molar-refractivity contribution in [1.29, 1.82) is 0 Å². The predicted molar refractivity (Wildman–Crippen MR) is 114 cm³/mol. The number of halogens is 4. The first-order chi connectivity index (χ1) is 15.2. The molecule has 3 aromatic rings. The molecule has 12 heteroatoms. The molecule has 0 bridgehead atoms. The SMILES string of the molecule is CCn1ncc(Cn2cc(NC(=O)CCn3nc(C(F)(F)F)c(Br)c3C3CC3)cn2)c1C. The average molecular weight is 514 g/mol. The summed E-state index contributed by atoms with van der Waals surface area (Å²) in [4.78, 5) is 12.4. The smallest absolute Gasteiger partial charge is 0.323 e. The van der Waals surface area contributed by atoms with Crippen LogP contribution >= 0.6 is 15.9 Å². The Balaban J connectivity index is 1.37. The number of alkyl halides is 3. The highest BCUT2D eigenvalue weighted by atomic mass is 79.9. The normalized spacial score (nSPS) is 14.2. The zero-order valence-electron chi connectivity index (χ0n) is 17.7. The van der Waals surface area contributed by atoms with Crippen molar-refractivity contribution in [3.63, 3.8) is 0 Å². The molecule has 32 heavy (non-hydrogen) atoms. The Morgan fingerprint density at radius 3 is 2.62 bits per heavy atom. The molecule has 0 unspecified atom stereocenters. The second-order valence-electron chi connectivity index (χ2n) is 7.84. The molecule has 1 saturated carbocycles. The number of rotatable bonds is 8. The van der Waals surface area contributed by atoms with Gasteiger partial charge in [0, 0.05) is 36.3 Å². The number of nitrogens with one attached hydrogen (secondary N) is 1. The van der Waals surface area contributed by atoms with Crippen LogP contribution in [0.1, 0.15) is 54.7 Å². The maximum Gasteiger partial charge on any atom is 0.436 e. The van der Waals surface area contributed by atoms with Gasteiger partial charge in [-0.15, -0.1) is 0 Å². The Morgan fingerprint density at radius 1 is 1.25 bits per heavy atom. The summed E-state index contributed by atoms with van der Waals surface area (Å²) in [5.41, 5.74) is 2.19. The molecule has 3 heterocycles. The van der Waals surface area contributed by atoms with Gasteiger partial charge < -0.3 is 5.32 Å². The fourth-order valence-electron chi connectivity index (χ4n) is 3.63. The molecule has 0 atom stereocenters. The second-order valence-corrected chi connectivity index (χ2v) is 8.63. The van der Waals surface area contributed by atoms with E-state index in [2.05, 4.69) is 36.5 Å². The van der Waals surface area contributed by atoms with Crippen molar-refractivity contribution < 1.29 is 18.0 Å². The third kappa shape index (κ3) is 4.74. The fraction of sp³-hybridized carbons (Fsp3) is 0.500. The molecule has 1 aliphatic carbocycles. The lowest BCUT2D eigenvalue weighted by atomic mass is 10.2. The van der Waals surface area contributed by atoms with Crippen molar-refractivity contribution in [2.24, 2.45) is 0 Å². The molecule has 1 fully saturated rings. The number of hydrogen-bond donors (Lipinski definition) is 1. The molecule has 1 aliphatic rings. The summed E-state index contributed by atoms with van der Waals surface area (Å²) in [7, 11) is 0. The lowest BCUT2D eigenvalue weighted by Gasteiger charge is -2.07. The van der Waals surface area contributed by atoms with Gasteiger partial charge in [0.1, 0.15) is 0 Å². The Labute approximate surface area is 190 Å². The number of hydrogen-bond acceptors (Lipinski definition) is 4. The number of nitrogens with zero attached hydrogens (tertiary/aromatic N) is 6. The minimum atomic E-state index is -4.55. The Hall–Kier alpha value is -2.63. The van der Waals surface area contributed by atoms with Crippen LogP contribution in [-0.4, -0.2) is 35.2 Å². The van der Waals surface area contributed by atoms with Gasteiger partial charge >= 0.3 is 6.18 Å². The van der Waals surface area contributed by atoms with Crippen molar-refractivity contribution in [2.75, 3.05) is 5.32 Å². The van der Waals surface area contributed by atoms with E-state index in [0.29, 0.717) is 17.9 Å². The van der Waals surface area contributed by atoms with Crippen molar-refractivity contribution in [2.45, 2.75) is 64.8 Å². The Kier molecular flexibility index (Phi) is 6.15. The summed E-state index contributed by atoms with van der Waals surface area (Å²) in [5.74, 6) is -0.267. The molecule has 1 N–H and O–H groups in total.